The van der Waals surface area contributed by atoms with Gasteiger partial charge in [0.05, 0.1) is 6.07 Å². The summed E-state index contributed by atoms with van der Waals surface area (Å²) in [6, 6.07) is 6.94. The lowest BCUT2D eigenvalue weighted by atomic mass is 10.2. The smallest absolute Gasteiger partial charge is 0.238 e. The van der Waals surface area contributed by atoms with Gasteiger partial charge >= 0.3 is 0 Å². The van der Waals surface area contributed by atoms with Crippen molar-refractivity contribution < 1.29 is 4.79 Å². The molecule has 0 bridgehead atoms. The molecule has 1 aromatic rings. The molecule has 0 aromatic heterocycles. The Labute approximate surface area is 87.3 Å². The Hall–Kier alpha value is -1.53. The van der Waals surface area contributed by atoms with Gasteiger partial charge in [0.15, 0.2) is 0 Å². The van der Waals surface area contributed by atoms with E-state index in [0.29, 0.717) is 10.7 Å². The molecule has 0 aliphatic heterocycles. The number of nitriles is 1. The van der Waals surface area contributed by atoms with Gasteiger partial charge in [0.1, 0.15) is 6.42 Å². The maximum Gasteiger partial charge on any atom is 0.238 e. The van der Waals surface area contributed by atoms with Crippen molar-refractivity contribution in [1.29, 1.82) is 5.26 Å². The number of nitrogens with zero attached hydrogens (tertiary/aromatic N) is 1. The van der Waals surface area contributed by atoms with Crippen LogP contribution in [0.15, 0.2) is 18.2 Å². The lowest BCUT2D eigenvalue weighted by molar-refractivity contribution is -0.115. The molecule has 0 saturated carbocycles. The first-order valence-corrected chi connectivity index (χ1v) is 4.44. The minimum Gasteiger partial charge on any atom is -0.325 e. The molecule has 14 heavy (non-hydrogen) atoms. The third-order valence-electron chi connectivity index (χ3n) is 1.68. The van der Waals surface area contributed by atoms with Crippen molar-refractivity contribution in [3.63, 3.8) is 0 Å². The molecule has 72 valence electrons. The summed E-state index contributed by atoms with van der Waals surface area (Å²) < 4.78 is 0. The molecule has 0 radical (unpaired) electrons. The Morgan fingerprint density at radius 3 is 2.93 bits per heavy atom. The first-order valence-electron chi connectivity index (χ1n) is 4.06. The largest absolute Gasteiger partial charge is 0.325 e. The van der Waals surface area contributed by atoms with Gasteiger partial charge < -0.3 is 5.32 Å². The summed E-state index contributed by atoms with van der Waals surface area (Å²) in [6.45, 7) is 1.85. The van der Waals surface area contributed by atoms with E-state index in [1.165, 1.54) is 0 Å². The molecular formula is C10H9ClN2O. The monoisotopic (exact) mass is 208 g/mol. The van der Waals surface area contributed by atoms with Crippen LogP contribution in [0, 0.1) is 18.3 Å². The molecule has 0 aliphatic rings. The van der Waals surface area contributed by atoms with Crippen LogP contribution in [0.5, 0.6) is 0 Å². The van der Waals surface area contributed by atoms with Crippen LogP contribution in [0.4, 0.5) is 5.69 Å². The second kappa shape index (κ2) is 4.64. The summed E-state index contributed by atoms with van der Waals surface area (Å²) in [6.07, 6.45) is -0.137. The van der Waals surface area contributed by atoms with E-state index in [4.69, 9.17) is 16.9 Å². The molecular weight excluding hydrogens is 200 g/mol. The topological polar surface area (TPSA) is 52.9 Å². The minimum absolute atomic E-state index is 0.137. The molecule has 0 unspecified atom stereocenters. The highest BCUT2D eigenvalue weighted by molar-refractivity contribution is 6.31. The van der Waals surface area contributed by atoms with E-state index in [-0.39, 0.29) is 12.3 Å². The Morgan fingerprint density at radius 1 is 1.64 bits per heavy atom. The number of nitrogens with one attached hydrogen (secondary N) is 1. The molecule has 0 aliphatic carbocycles. The number of aryl methyl sites for hydroxylation is 1. The van der Waals surface area contributed by atoms with Crippen molar-refractivity contribution in [2.75, 3.05) is 5.32 Å². The van der Waals surface area contributed by atoms with Crippen LogP contribution in [-0.4, -0.2) is 5.91 Å². The van der Waals surface area contributed by atoms with Gasteiger partial charge in [-0.3, -0.25) is 4.79 Å². The number of carbonyl (C=O) groups excluding carboxylic acids is 1. The van der Waals surface area contributed by atoms with Crippen molar-refractivity contribution >= 4 is 23.2 Å². The summed E-state index contributed by atoms with van der Waals surface area (Å²) >= 11 is 5.81. The van der Waals surface area contributed by atoms with Crippen molar-refractivity contribution in [1.82, 2.24) is 0 Å². The predicted octanol–water partition coefficient (Wildman–Crippen LogP) is 2.50. The van der Waals surface area contributed by atoms with E-state index in [2.05, 4.69) is 5.32 Å². The first-order chi connectivity index (χ1) is 6.63. The standard InChI is InChI=1S/C10H9ClN2O/c1-7-6-8(2-3-9(7)11)13-10(14)4-5-12/h2-3,6H,4H2,1H3,(H,13,14). The number of rotatable bonds is 2. The van der Waals surface area contributed by atoms with Gasteiger partial charge in [-0.25, -0.2) is 0 Å². The zero-order valence-electron chi connectivity index (χ0n) is 7.67. The summed E-state index contributed by atoms with van der Waals surface area (Å²) in [5.74, 6) is -0.311. The fourth-order valence-corrected chi connectivity index (χ4v) is 1.12. The third kappa shape index (κ3) is 2.75. The van der Waals surface area contributed by atoms with Crippen molar-refractivity contribution in [3.8, 4) is 6.07 Å². The van der Waals surface area contributed by atoms with Gasteiger partial charge in [-0.15, -0.1) is 0 Å². The Kier molecular flexibility index (Phi) is 3.49. The van der Waals surface area contributed by atoms with Gasteiger partial charge in [-0.2, -0.15) is 5.26 Å². The van der Waals surface area contributed by atoms with Crippen LogP contribution >= 0.6 is 11.6 Å². The van der Waals surface area contributed by atoms with Crippen LogP contribution in [-0.2, 0) is 4.79 Å². The number of benzene rings is 1. The molecule has 1 aromatic carbocycles. The van der Waals surface area contributed by atoms with Crippen LogP contribution in [0.3, 0.4) is 0 Å². The Balaban J connectivity index is 2.74. The summed E-state index contributed by atoms with van der Waals surface area (Å²) in [7, 11) is 0. The minimum atomic E-state index is -0.311. The zero-order chi connectivity index (χ0) is 10.6. The average Bonchev–Trinajstić information content (AvgIpc) is 2.12. The highest BCUT2D eigenvalue weighted by atomic mass is 35.5. The fraction of sp³-hybridized carbons (Fsp3) is 0.200. The molecule has 0 atom stereocenters. The quantitative estimate of drug-likeness (QED) is 0.812. The average molecular weight is 209 g/mol. The number of amides is 1. The van der Waals surface area contributed by atoms with E-state index >= 15 is 0 Å². The fourth-order valence-electron chi connectivity index (χ4n) is 0.999. The van der Waals surface area contributed by atoms with Gasteiger partial charge in [-0.05, 0) is 30.7 Å². The number of halogens is 1. The lowest BCUT2D eigenvalue weighted by Crippen LogP contribution is -2.09. The summed E-state index contributed by atoms with van der Waals surface area (Å²) in [4.78, 5) is 11.0. The van der Waals surface area contributed by atoms with E-state index in [0.717, 1.165) is 5.56 Å². The second-order valence-corrected chi connectivity index (χ2v) is 3.25. The normalized spacial score (nSPS) is 9.21. The molecule has 0 fully saturated rings. The Morgan fingerprint density at radius 2 is 2.36 bits per heavy atom. The number of hydrogen-bond acceptors (Lipinski definition) is 2. The number of hydrogen-bond donors (Lipinski definition) is 1. The van der Waals surface area contributed by atoms with Gasteiger partial charge in [-0.1, -0.05) is 11.6 Å². The van der Waals surface area contributed by atoms with E-state index in [1.807, 2.05) is 6.92 Å². The Bertz CT molecular complexity index is 396. The lowest BCUT2D eigenvalue weighted by Gasteiger charge is -2.04. The van der Waals surface area contributed by atoms with Crippen LogP contribution < -0.4 is 5.32 Å². The maximum atomic E-state index is 11.0. The van der Waals surface area contributed by atoms with Crippen molar-refractivity contribution in [3.05, 3.63) is 28.8 Å². The summed E-state index contributed by atoms with van der Waals surface area (Å²) in [5, 5.41) is 11.5. The molecule has 1 rings (SSSR count). The molecule has 0 heterocycles. The maximum absolute atomic E-state index is 11.0. The molecule has 1 amide bonds. The molecule has 1 N–H and O–H groups in total. The second-order valence-electron chi connectivity index (χ2n) is 2.85. The van der Waals surface area contributed by atoms with Crippen molar-refractivity contribution in [2.24, 2.45) is 0 Å². The van der Waals surface area contributed by atoms with E-state index in [1.54, 1.807) is 24.3 Å². The molecule has 0 saturated heterocycles. The first kappa shape index (κ1) is 10.6. The predicted molar refractivity (Wildman–Crippen MR) is 55.0 cm³/mol. The molecule has 4 heteroatoms. The summed E-state index contributed by atoms with van der Waals surface area (Å²) in [5.41, 5.74) is 1.55. The highest BCUT2D eigenvalue weighted by Crippen LogP contribution is 2.19. The van der Waals surface area contributed by atoms with Gasteiger partial charge in [0.25, 0.3) is 0 Å². The number of anilines is 1. The van der Waals surface area contributed by atoms with E-state index in [9.17, 15) is 4.79 Å². The van der Waals surface area contributed by atoms with Crippen LogP contribution in [0.2, 0.25) is 5.02 Å². The third-order valence-corrected chi connectivity index (χ3v) is 2.11. The highest BCUT2D eigenvalue weighted by Gasteiger charge is 2.02. The van der Waals surface area contributed by atoms with E-state index < -0.39 is 0 Å². The van der Waals surface area contributed by atoms with Crippen molar-refractivity contribution in [2.45, 2.75) is 13.3 Å². The molecule has 3 nitrogen and oxygen atoms in total. The van der Waals surface area contributed by atoms with Gasteiger partial charge in [0, 0.05) is 10.7 Å². The van der Waals surface area contributed by atoms with Crippen LogP contribution in [0.1, 0.15) is 12.0 Å². The van der Waals surface area contributed by atoms with Crippen LogP contribution in [0.25, 0.3) is 0 Å². The SMILES string of the molecule is Cc1cc(NC(=O)CC#N)ccc1Cl. The zero-order valence-corrected chi connectivity index (χ0v) is 8.43. The van der Waals surface area contributed by atoms with Gasteiger partial charge in [0.2, 0.25) is 5.91 Å². The molecule has 0 spiro atoms. The number of carbonyl (C=O) groups is 1.